The highest BCUT2D eigenvalue weighted by Gasteiger charge is 2.09. The Hall–Kier alpha value is -2.13. The van der Waals surface area contributed by atoms with Crippen molar-refractivity contribution in [2.24, 2.45) is 0 Å². The van der Waals surface area contributed by atoms with Crippen LogP contribution in [0.1, 0.15) is 29.7 Å². The van der Waals surface area contributed by atoms with E-state index in [1.54, 1.807) is 0 Å². The molecule has 0 aliphatic carbocycles. The third-order valence-corrected chi connectivity index (χ3v) is 3.76. The van der Waals surface area contributed by atoms with Gasteiger partial charge in [-0.3, -0.25) is 0 Å². The van der Waals surface area contributed by atoms with Gasteiger partial charge in [-0.2, -0.15) is 5.10 Å². The van der Waals surface area contributed by atoms with Crippen molar-refractivity contribution in [3.63, 3.8) is 0 Å². The maximum absolute atomic E-state index is 4.36. The number of rotatable bonds is 4. The number of aryl methyl sites for hydroxylation is 1. The van der Waals surface area contributed by atoms with Crippen LogP contribution in [0, 0.1) is 6.92 Å². The minimum Gasteiger partial charge on any atom is -0.306 e. The zero-order chi connectivity index (χ0) is 13.9. The van der Waals surface area contributed by atoms with E-state index in [1.807, 2.05) is 29.0 Å². The Morgan fingerprint density at radius 1 is 1.15 bits per heavy atom. The van der Waals surface area contributed by atoms with Gasteiger partial charge in [0.15, 0.2) is 0 Å². The molecule has 3 rings (SSSR count). The van der Waals surface area contributed by atoms with Crippen molar-refractivity contribution in [1.82, 2.24) is 14.9 Å². The molecule has 0 amide bonds. The average molecular weight is 265 g/mol. The lowest BCUT2D eigenvalue weighted by molar-refractivity contribution is 0.574. The summed E-state index contributed by atoms with van der Waals surface area (Å²) in [6.45, 7) is 5.18. The van der Waals surface area contributed by atoms with Crippen molar-refractivity contribution in [2.75, 3.05) is 0 Å². The molecule has 3 heteroatoms. The molecular formula is C17H19N3. The first kappa shape index (κ1) is 12.9. The Morgan fingerprint density at radius 2 is 1.95 bits per heavy atom. The van der Waals surface area contributed by atoms with E-state index < -0.39 is 0 Å². The lowest BCUT2D eigenvalue weighted by Gasteiger charge is -2.16. The fourth-order valence-electron chi connectivity index (χ4n) is 2.57. The zero-order valence-corrected chi connectivity index (χ0v) is 11.9. The highest BCUT2D eigenvalue weighted by Crippen LogP contribution is 2.18. The van der Waals surface area contributed by atoms with Gasteiger partial charge in [0.25, 0.3) is 0 Å². The summed E-state index contributed by atoms with van der Waals surface area (Å²) in [6.07, 6.45) is 3.91. The van der Waals surface area contributed by atoms with Crippen LogP contribution in [-0.4, -0.2) is 9.61 Å². The van der Waals surface area contributed by atoms with E-state index in [4.69, 9.17) is 0 Å². The maximum Gasteiger partial charge on any atom is 0.0706 e. The number of aromatic nitrogens is 2. The predicted molar refractivity (Wildman–Crippen MR) is 81.6 cm³/mol. The van der Waals surface area contributed by atoms with Crippen molar-refractivity contribution in [2.45, 2.75) is 26.4 Å². The number of hydrogen-bond acceptors (Lipinski definition) is 2. The molecule has 0 unspecified atom stereocenters. The van der Waals surface area contributed by atoms with Crippen LogP contribution in [0.25, 0.3) is 5.52 Å². The average Bonchev–Trinajstić information content (AvgIpc) is 2.88. The van der Waals surface area contributed by atoms with Crippen molar-refractivity contribution >= 4 is 5.52 Å². The summed E-state index contributed by atoms with van der Waals surface area (Å²) in [4.78, 5) is 0. The highest BCUT2D eigenvalue weighted by atomic mass is 15.2. The molecule has 0 saturated heterocycles. The van der Waals surface area contributed by atoms with Crippen molar-refractivity contribution in [3.05, 3.63) is 71.5 Å². The van der Waals surface area contributed by atoms with E-state index in [0.717, 1.165) is 12.1 Å². The van der Waals surface area contributed by atoms with Gasteiger partial charge in [-0.15, -0.1) is 0 Å². The van der Waals surface area contributed by atoms with Gasteiger partial charge >= 0.3 is 0 Å². The number of nitrogens with zero attached hydrogens (tertiary/aromatic N) is 2. The van der Waals surface area contributed by atoms with Crippen LogP contribution in [0.5, 0.6) is 0 Å². The van der Waals surface area contributed by atoms with Gasteiger partial charge in [-0.05, 0) is 37.1 Å². The first-order valence-electron chi connectivity index (χ1n) is 6.96. The molecule has 2 aromatic heterocycles. The van der Waals surface area contributed by atoms with E-state index >= 15 is 0 Å². The molecular weight excluding hydrogens is 246 g/mol. The second kappa shape index (κ2) is 5.47. The monoisotopic (exact) mass is 265 g/mol. The van der Waals surface area contributed by atoms with Crippen LogP contribution in [0.3, 0.4) is 0 Å². The smallest absolute Gasteiger partial charge is 0.0706 e. The first-order chi connectivity index (χ1) is 9.75. The molecule has 0 spiro atoms. The summed E-state index contributed by atoms with van der Waals surface area (Å²) in [7, 11) is 0. The number of hydrogen-bond donors (Lipinski definition) is 1. The van der Waals surface area contributed by atoms with Crippen molar-refractivity contribution in [1.29, 1.82) is 0 Å². The molecule has 102 valence electrons. The molecule has 1 N–H and O–H groups in total. The van der Waals surface area contributed by atoms with Crippen LogP contribution in [-0.2, 0) is 6.54 Å². The number of pyridine rings is 1. The van der Waals surface area contributed by atoms with Crippen molar-refractivity contribution in [3.8, 4) is 0 Å². The zero-order valence-electron chi connectivity index (χ0n) is 11.9. The second-order valence-corrected chi connectivity index (χ2v) is 5.16. The predicted octanol–water partition coefficient (Wildman–Crippen LogP) is 3.49. The first-order valence-corrected chi connectivity index (χ1v) is 6.96. The van der Waals surface area contributed by atoms with Gasteiger partial charge in [-0.25, -0.2) is 4.52 Å². The number of nitrogens with one attached hydrogen (secondary N) is 1. The molecule has 0 aliphatic heterocycles. The van der Waals surface area contributed by atoms with Crippen LogP contribution in [0.4, 0.5) is 0 Å². The van der Waals surface area contributed by atoms with Gasteiger partial charge in [0.05, 0.1) is 11.7 Å². The van der Waals surface area contributed by atoms with Gasteiger partial charge < -0.3 is 5.32 Å². The molecule has 1 atom stereocenters. The summed E-state index contributed by atoms with van der Waals surface area (Å²) in [5, 5.41) is 7.94. The Bertz CT molecular complexity index is 715. The van der Waals surface area contributed by atoms with Crippen LogP contribution < -0.4 is 5.32 Å². The molecule has 0 radical (unpaired) electrons. The standard InChI is InChI=1S/C17H19N3/c1-13-7-3-4-8-16(13)14(2)18-11-15-12-19-20-10-6-5-9-17(15)20/h3-10,12,14,18H,11H2,1-2H3/t14-/m0/s1. The summed E-state index contributed by atoms with van der Waals surface area (Å²) < 4.78 is 1.91. The Balaban J connectivity index is 1.75. The van der Waals surface area contributed by atoms with Gasteiger partial charge in [0, 0.05) is 24.3 Å². The third-order valence-electron chi connectivity index (χ3n) is 3.76. The Morgan fingerprint density at radius 3 is 2.80 bits per heavy atom. The van der Waals surface area contributed by atoms with E-state index in [-0.39, 0.29) is 0 Å². The fraction of sp³-hybridized carbons (Fsp3) is 0.235. The van der Waals surface area contributed by atoms with Gasteiger partial charge in [0.2, 0.25) is 0 Å². The second-order valence-electron chi connectivity index (χ2n) is 5.16. The summed E-state index contributed by atoms with van der Waals surface area (Å²) in [5.74, 6) is 0. The molecule has 0 bridgehead atoms. The van der Waals surface area contributed by atoms with Crippen LogP contribution >= 0.6 is 0 Å². The minimum absolute atomic E-state index is 0.329. The number of benzene rings is 1. The SMILES string of the molecule is Cc1ccccc1[C@H](C)NCc1cnn2ccccc12. The van der Waals surface area contributed by atoms with Crippen molar-refractivity contribution < 1.29 is 0 Å². The van der Waals surface area contributed by atoms with E-state index in [2.05, 4.69) is 54.6 Å². The number of fused-ring (bicyclic) bond motifs is 1. The molecule has 20 heavy (non-hydrogen) atoms. The molecule has 0 aliphatic rings. The topological polar surface area (TPSA) is 29.3 Å². The van der Waals surface area contributed by atoms with E-state index in [1.165, 1.54) is 16.7 Å². The molecule has 0 saturated carbocycles. The Labute approximate surface area is 119 Å². The largest absolute Gasteiger partial charge is 0.306 e. The Kier molecular flexibility index (Phi) is 3.52. The normalized spacial score (nSPS) is 12.7. The minimum atomic E-state index is 0.329. The maximum atomic E-state index is 4.36. The lowest BCUT2D eigenvalue weighted by Crippen LogP contribution is -2.18. The lowest BCUT2D eigenvalue weighted by atomic mass is 10.0. The molecule has 1 aromatic carbocycles. The molecule has 2 heterocycles. The summed E-state index contributed by atoms with van der Waals surface area (Å²) in [5.41, 5.74) is 5.07. The van der Waals surface area contributed by atoms with E-state index in [0.29, 0.717) is 6.04 Å². The highest BCUT2D eigenvalue weighted by molar-refractivity contribution is 5.53. The fourth-order valence-corrected chi connectivity index (χ4v) is 2.57. The van der Waals surface area contributed by atoms with Gasteiger partial charge in [0.1, 0.15) is 0 Å². The summed E-state index contributed by atoms with van der Waals surface area (Å²) >= 11 is 0. The van der Waals surface area contributed by atoms with Crippen LogP contribution in [0.2, 0.25) is 0 Å². The molecule has 3 aromatic rings. The molecule has 0 fully saturated rings. The van der Waals surface area contributed by atoms with Gasteiger partial charge in [-0.1, -0.05) is 30.3 Å². The summed E-state index contributed by atoms with van der Waals surface area (Å²) in [6, 6.07) is 15.0. The quantitative estimate of drug-likeness (QED) is 0.782. The molecule has 3 nitrogen and oxygen atoms in total. The third kappa shape index (κ3) is 2.45. The van der Waals surface area contributed by atoms with E-state index in [9.17, 15) is 0 Å². The van der Waals surface area contributed by atoms with Crippen LogP contribution in [0.15, 0.2) is 54.9 Å².